The van der Waals surface area contributed by atoms with Crippen molar-refractivity contribution in [2.24, 2.45) is 0 Å². The maximum absolute atomic E-state index is 7.38. The summed E-state index contributed by atoms with van der Waals surface area (Å²) in [6.07, 6.45) is 7.56. The molecule has 0 amide bonds. The summed E-state index contributed by atoms with van der Waals surface area (Å²) in [7, 11) is -16.8. The third kappa shape index (κ3) is 29.1. The first kappa shape index (κ1) is 68.8. The highest BCUT2D eigenvalue weighted by Gasteiger charge is 2.54. The van der Waals surface area contributed by atoms with Crippen LogP contribution in [0.3, 0.4) is 0 Å². The van der Waals surface area contributed by atoms with E-state index >= 15 is 0 Å². The summed E-state index contributed by atoms with van der Waals surface area (Å²) in [6, 6.07) is 27.2. The lowest BCUT2D eigenvalue weighted by Crippen LogP contribution is -2.68. The molecule has 0 saturated carbocycles. The van der Waals surface area contributed by atoms with Crippen LogP contribution < -0.4 is 10.4 Å². The molecule has 0 radical (unpaired) electrons. The molecule has 468 valence electrons. The summed E-state index contributed by atoms with van der Waals surface area (Å²) in [5.41, 5.74) is 0. The van der Waals surface area contributed by atoms with Gasteiger partial charge in [-0.3, -0.25) is 0 Å². The van der Waals surface area contributed by atoms with E-state index in [1.807, 2.05) is 0 Å². The topological polar surface area (TPSA) is 177 Å². The largest absolute Gasteiger partial charge is 0.505 e. The van der Waals surface area contributed by atoms with Crippen LogP contribution in [-0.2, 0) is 77.4 Å². The van der Waals surface area contributed by atoms with Crippen molar-refractivity contribution in [3.63, 3.8) is 0 Å². The molecular weight excluding hydrogens is 1170 g/mol. The van der Waals surface area contributed by atoms with Crippen molar-refractivity contribution in [1.29, 1.82) is 0 Å². The van der Waals surface area contributed by atoms with E-state index in [1.54, 1.807) is 0 Å². The molecule has 2 aromatic rings. The summed E-state index contributed by atoms with van der Waals surface area (Å²) in [5, 5.41) is 2.31. The molecule has 82 heavy (non-hydrogen) atoms. The van der Waals surface area contributed by atoms with E-state index in [1.165, 1.54) is 5.19 Å². The smallest absolute Gasteiger partial charge is 0.433 e. The monoisotopic (exact) mass is 1270 g/mol. The predicted octanol–water partition coefficient (Wildman–Crippen LogP) is 9.11. The minimum Gasteiger partial charge on any atom is -0.433 e. The molecule has 6 fully saturated rings. The first-order valence-corrected chi connectivity index (χ1v) is 50.3. The maximum Gasteiger partial charge on any atom is 0.505 e. The lowest BCUT2D eigenvalue weighted by molar-refractivity contribution is 0.115. The maximum atomic E-state index is 7.38. The van der Waals surface area contributed by atoms with Gasteiger partial charge in [-0.1, -0.05) is 60.7 Å². The molecule has 6 heterocycles. The molecule has 6 aliphatic rings. The molecule has 8 rings (SSSR count). The minimum atomic E-state index is -3.30. The van der Waals surface area contributed by atoms with Gasteiger partial charge in [-0.15, -0.1) is 0 Å². The lowest BCUT2D eigenvalue weighted by atomic mass is 10.4. The number of benzene rings is 2. The van der Waals surface area contributed by atoms with Crippen molar-refractivity contribution in [2.75, 3.05) is 119 Å². The SMILES string of the molecule is C[Si](C)(CCCOCC1CO1)O[Si](CCCOCC1CO1)(O[Si](C)(C)CCCOCC1CO1)c1ccccc1.C[Si](C)(CCCOCC1CO1)O[Si](O[Si](C)(C)CCCOCC1CO1)(O[Si](C)(C)CCCOCC1CO1)c1ccccc1. The van der Waals surface area contributed by atoms with Gasteiger partial charge < -0.3 is 77.4 Å². The van der Waals surface area contributed by atoms with Crippen molar-refractivity contribution in [3.8, 4) is 0 Å². The average Bonchev–Trinajstić information content (AvgIpc) is 4.41. The molecule has 0 N–H and O–H groups in total. The van der Waals surface area contributed by atoms with Crippen LogP contribution in [0.1, 0.15) is 38.5 Å². The summed E-state index contributed by atoms with van der Waals surface area (Å²) in [6.45, 7) is 36.7. The van der Waals surface area contributed by atoms with Crippen LogP contribution in [0.5, 0.6) is 0 Å². The van der Waals surface area contributed by atoms with E-state index in [9.17, 15) is 0 Å². The zero-order chi connectivity index (χ0) is 58.4. The van der Waals surface area contributed by atoms with E-state index < -0.39 is 59.0 Å². The third-order valence-electron chi connectivity index (χ3n) is 14.8. The Kier molecular flexibility index (Phi) is 28.3. The molecule has 2 aromatic carbocycles. The summed E-state index contributed by atoms with van der Waals surface area (Å²) in [4.78, 5) is 0. The lowest BCUT2D eigenvalue weighted by Gasteiger charge is -2.45. The first-order valence-electron chi connectivity index (χ1n) is 31.0. The number of ether oxygens (including phenoxy) is 12. The van der Waals surface area contributed by atoms with Gasteiger partial charge in [-0.25, -0.2) is 0 Å². The van der Waals surface area contributed by atoms with E-state index in [0.717, 1.165) is 153 Å². The quantitative estimate of drug-likeness (QED) is 0.0348. The molecule has 0 aliphatic carbocycles. The Morgan fingerprint density at radius 2 is 0.524 bits per heavy atom. The molecular formula is C58H106O17Si7. The van der Waals surface area contributed by atoms with Gasteiger partial charge in [-0.05, 0) is 145 Å². The van der Waals surface area contributed by atoms with Gasteiger partial charge >= 0.3 is 17.4 Å². The van der Waals surface area contributed by atoms with Crippen LogP contribution in [0.2, 0.25) is 102 Å². The van der Waals surface area contributed by atoms with Crippen LogP contribution in [0.25, 0.3) is 0 Å². The second-order valence-corrected chi connectivity index (χ2v) is 54.6. The Morgan fingerprint density at radius 3 is 0.768 bits per heavy atom. The second-order valence-electron chi connectivity index (χ2n) is 26.2. The second kappa shape index (κ2) is 33.7. The molecule has 0 aromatic heterocycles. The Balaban J connectivity index is 0.000000237. The van der Waals surface area contributed by atoms with Crippen molar-refractivity contribution < 1.29 is 77.4 Å². The fourth-order valence-electron chi connectivity index (χ4n) is 9.88. The molecule has 17 nitrogen and oxygen atoms in total. The molecule has 6 aliphatic heterocycles. The molecule has 6 atom stereocenters. The van der Waals surface area contributed by atoms with Gasteiger partial charge in [-0.2, -0.15) is 0 Å². The van der Waals surface area contributed by atoms with Gasteiger partial charge in [0.15, 0.2) is 41.6 Å². The number of epoxide rings is 6. The van der Waals surface area contributed by atoms with Gasteiger partial charge in [0.2, 0.25) is 0 Å². The van der Waals surface area contributed by atoms with E-state index in [2.05, 4.69) is 126 Å². The fraction of sp³-hybridized carbons (Fsp3) is 0.793. The zero-order valence-corrected chi connectivity index (χ0v) is 58.9. The molecule has 6 saturated heterocycles. The van der Waals surface area contributed by atoms with Crippen LogP contribution in [0, 0.1) is 0 Å². The van der Waals surface area contributed by atoms with Crippen molar-refractivity contribution in [2.45, 2.75) is 177 Å². The summed E-state index contributed by atoms with van der Waals surface area (Å²) >= 11 is 0. The van der Waals surface area contributed by atoms with E-state index in [4.69, 9.17) is 77.4 Å². The Morgan fingerprint density at radius 1 is 0.305 bits per heavy atom. The third-order valence-corrected chi connectivity index (χ3v) is 42.8. The van der Waals surface area contributed by atoms with Crippen molar-refractivity contribution in [3.05, 3.63) is 60.7 Å². The van der Waals surface area contributed by atoms with E-state index in [-0.39, 0.29) is 6.10 Å². The van der Waals surface area contributed by atoms with Crippen molar-refractivity contribution >= 4 is 69.3 Å². The van der Waals surface area contributed by atoms with Crippen LogP contribution in [-0.4, -0.2) is 214 Å². The first-order chi connectivity index (χ1) is 39.2. The number of hydrogen-bond donors (Lipinski definition) is 0. The van der Waals surface area contributed by atoms with Crippen LogP contribution in [0.4, 0.5) is 0 Å². The highest BCUT2D eigenvalue weighted by Crippen LogP contribution is 2.33. The molecule has 24 heteroatoms. The highest BCUT2D eigenvalue weighted by atomic mass is 28.5. The Bertz CT molecular complexity index is 1940. The highest BCUT2D eigenvalue weighted by molar-refractivity contribution is 6.97. The van der Waals surface area contributed by atoms with Gasteiger partial charge in [0.1, 0.15) is 36.6 Å². The minimum absolute atomic E-state index is 0.286. The number of rotatable bonds is 48. The molecule has 0 bridgehead atoms. The standard InChI is InChI=1S/C30H56O9Si4.C28H50O8Si3/c1-40(2,18-10-15-31-21-27-24-34-27)37-43(30-13-8-7-9-14-30,38-41(3,4)19-11-16-32-22-28-25-35-28)39-42(5,6)20-12-17-33-23-29-26-36-29;1-37(2,16-8-13-29-19-25-22-32-25)35-39(28-11-6-5-7-12-28,18-10-15-31-21-27-24-34-27)36-38(3,4)17-9-14-30-20-26-23-33-26/h7-9,13-14,27-29H,10-12,15-26H2,1-6H3;5-7,11-12,25-27H,8-10,13-24H2,1-4H3. The van der Waals surface area contributed by atoms with Crippen LogP contribution >= 0.6 is 0 Å². The average molecular weight is 1270 g/mol. The molecule has 6 unspecified atom stereocenters. The Hall–Kier alpha value is -0.722. The molecule has 0 spiro atoms. The van der Waals surface area contributed by atoms with Crippen LogP contribution in [0.15, 0.2) is 60.7 Å². The fourth-order valence-corrected chi connectivity index (χ4v) is 40.3. The Labute approximate surface area is 500 Å². The van der Waals surface area contributed by atoms with Gasteiger partial charge in [0, 0.05) is 44.8 Å². The van der Waals surface area contributed by atoms with Gasteiger partial charge in [0.25, 0.3) is 0 Å². The van der Waals surface area contributed by atoms with Gasteiger partial charge in [0.05, 0.1) is 79.3 Å². The summed E-state index contributed by atoms with van der Waals surface area (Å²) < 4.78 is 104. The number of hydrogen-bond acceptors (Lipinski definition) is 17. The van der Waals surface area contributed by atoms with E-state index in [0.29, 0.717) is 76.8 Å². The predicted molar refractivity (Wildman–Crippen MR) is 336 cm³/mol. The summed E-state index contributed by atoms with van der Waals surface area (Å²) in [5.74, 6) is 0. The van der Waals surface area contributed by atoms with Crippen molar-refractivity contribution in [1.82, 2.24) is 0 Å². The zero-order valence-electron chi connectivity index (χ0n) is 51.9. The normalized spacial score (nSPS) is 23.6.